The van der Waals surface area contributed by atoms with E-state index >= 15 is 0 Å². The zero-order valence-electron chi connectivity index (χ0n) is 18.0. The van der Waals surface area contributed by atoms with Crippen molar-refractivity contribution in [2.24, 2.45) is 0 Å². The van der Waals surface area contributed by atoms with Gasteiger partial charge in [-0.3, -0.25) is 14.5 Å². The lowest BCUT2D eigenvalue weighted by Crippen LogP contribution is -2.43. The van der Waals surface area contributed by atoms with Gasteiger partial charge in [0.05, 0.1) is 30.7 Å². The van der Waals surface area contributed by atoms with Crippen LogP contribution in [0, 0.1) is 6.92 Å². The largest absolute Gasteiger partial charge is 0.379 e. The van der Waals surface area contributed by atoms with Crippen molar-refractivity contribution in [2.45, 2.75) is 19.4 Å². The van der Waals surface area contributed by atoms with Gasteiger partial charge in [0.25, 0.3) is 5.91 Å². The summed E-state index contributed by atoms with van der Waals surface area (Å²) in [6.07, 6.45) is -0.0451. The van der Waals surface area contributed by atoms with Crippen molar-refractivity contribution in [3.05, 3.63) is 65.2 Å². The molecule has 2 aromatic carbocycles. The third-order valence-electron chi connectivity index (χ3n) is 5.83. The number of aryl methyl sites for hydroxylation is 1. The molecule has 0 aliphatic carbocycles. The van der Waals surface area contributed by atoms with E-state index < -0.39 is 15.9 Å². The summed E-state index contributed by atoms with van der Waals surface area (Å²) in [6.45, 7) is 5.28. The second-order valence-electron chi connectivity index (χ2n) is 8.06. The number of nitrogens with zero attached hydrogens (tertiary/aromatic N) is 2. The van der Waals surface area contributed by atoms with Crippen LogP contribution in [0.5, 0.6) is 0 Å². The van der Waals surface area contributed by atoms with Gasteiger partial charge in [0.1, 0.15) is 0 Å². The van der Waals surface area contributed by atoms with Crippen LogP contribution < -0.4 is 9.62 Å². The van der Waals surface area contributed by atoms with E-state index in [1.54, 1.807) is 12.1 Å². The average molecular weight is 458 g/mol. The molecule has 2 aliphatic heterocycles. The Morgan fingerprint density at radius 1 is 1.12 bits per heavy atom. The Kier molecular flexibility index (Phi) is 6.59. The lowest BCUT2D eigenvalue weighted by Gasteiger charge is -2.35. The maximum absolute atomic E-state index is 12.9. The van der Waals surface area contributed by atoms with Gasteiger partial charge in [-0.25, -0.2) is 12.7 Å². The van der Waals surface area contributed by atoms with E-state index in [0.29, 0.717) is 25.3 Å². The first-order valence-electron chi connectivity index (χ1n) is 10.7. The predicted molar refractivity (Wildman–Crippen MR) is 121 cm³/mol. The second-order valence-corrected chi connectivity index (χ2v) is 10.00. The smallest absolute Gasteiger partial charge is 0.251 e. The summed E-state index contributed by atoms with van der Waals surface area (Å²) in [7, 11) is -3.68. The van der Waals surface area contributed by atoms with Gasteiger partial charge in [0.15, 0.2) is 0 Å². The van der Waals surface area contributed by atoms with Crippen LogP contribution in [0.25, 0.3) is 0 Å². The molecule has 9 heteroatoms. The van der Waals surface area contributed by atoms with Crippen LogP contribution in [-0.2, 0) is 19.6 Å². The summed E-state index contributed by atoms with van der Waals surface area (Å²) in [5.74, 6) is -1.00. The molecule has 0 aromatic heterocycles. The fourth-order valence-electron chi connectivity index (χ4n) is 4.07. The molecule has 0 radical (unpaired) electrons. The Balaban J connectivity index is 1.51. The number of rotatable bonds is 6. The molecule has 32 heavy (non-hydrogen) atoms. The Hall–Kier alpha value is -2.75. The van der Waals surface area contributed by atoms with Crippen molar-refractivity contribution < 1.29 is 22.7 Å². The first-order valence-corrected chi connectivity index (χ1v) is 12.3. The lowest BCUT2D eigenvalue weighted by molar-refractivity contribution is -0.116. The van der Waals surface area contributed by atoms with E-state index in [2.05, 4.69) is 34.5 Å². The first kappa shape index (κ1) is 22.4. The van der Waals surface area contributed by atoms with Crippen molar-refractivity contribution in [2.75, 3.05) is 42.9 Å². The number of hydrogen-bond acceptors (Lipinski definition) is 6. The Morgan fingerprint density at radius 2 is 1.84 bits per heavy atom. The van der Waals surface area contributed by atoms with Crippen LogP contribution in [0.4, 0.5) is 5.69 Å². The number of sulfonamides is 1. The third-order valence-corrected chi connectivity index (χ3v) is 7.52. The van der Waals surface area contributed by atoms with Crippen LogP contribution >= 0.6 is 0 Å². The molecule has 170 valence electrons. The fourth-order valence-corrected chi connectivity index (χ4v) is 5.52. The van der Waals surface area contributed by atoms with E-state index in [0.717, 1.165) is 23.0 Å². The maximum Gasteiger partial charge on any atom is 0.251 e. The molecule has 2 fully saturated rings. The summed E-state index contributed by atoms with van der Waals surface area (Å²) >= 11 is 0. The Bertz CT molecular complexity index is 1090. The van der Waals surface area contributed by atoms with E-state index in [1.165, 1.54) is 17.7 Å². The molecule has 1 atom stereocenters. The minimum absolute atomic E-state index is 0.00725. The number of hydrogen-bond donors (Lipinski definition) is 1. The summed E-state index contributed by atoms with van der Waals surface area (Å²) < 4.78 is 30.7. The summed E-state index contributed by atoms with van der Waals surface area (Å²) in [6, 6.07) is 14.4. The van der Waals surface area contributed by atoms with Crippen LogP contribution in [0.15, 0.2) is 48.5 Å². The summed E-state index contributed by atoms with van der Waals surface area (Å²) in [4.78, 5) is 27.3. The van der Waals surface area contributed by atoms with Crippen LogP contribution in [0.2, 0.25) is 0 Å². The number of carbonyl (C=O) groups is 2. The lowest BCUT2D eigenvalue weighted by atomic mass is 10.0. The fraction of sp³-hybridized carbons (Fsp3) is 0.391. The van der Waals surface area contributed by atoms with Gasteiger partial charge in [-0.1, -0.05) is 35.9 Å². The molecule has 0 bridgehead atoms. The molecular formula is C23H27N3O5S. The topological polar surface area (TPSA) is 96.0 Å². The first-order chi connectivity index (χ1) is 15.3. The highest BCUT2D eigenvalue weighted by Crippen LogP contribution is 2.26. The van der Waals surface area contributed by atoms with Gasteiger partial charge in [0.2, 0.25) is 15.9 Å². The van der Waals surface area contributed by atoms with E-state index in [-0.39, 0.29) is 29.8 Å². The Labute approximate surface area is 188 Å². The van der Waals surface area contributed by atoms with Gasteiger partial charge in [-0.15, -0.1) is 0 Å². The highest BCUT2D eigenvalue weighted by atomic mass is 32.2. The highest BCUT2D eigenvalue weighted by molar-refractivity contribution is 7.94. The van der Waals surface area contributed by atoms with Gasteiger partial charge in [0, 0.05) is 31.6 Å². The van der Waals surface area contributed by atoms with E-state index in [1.807, 2.05) is 6.92 Å². The highest BCUT2D eigenvalue weighted by Gasteiger charge is 2.36. The predicted octanol–water partition coefficient (Wildman–Crippen LogP) is 1.86. The normalized spacial score (nSPS) is 19.7. The molecule has 2 aliphatic rings. The third kappa shape index (κ3) is 4.85. The minimum atomic E-state index is -3.68. The summed E-state index contributed by atoms with van der Waals surface area (Å²) in [5.41, 5.74) is 2.78. The van der Waals surface area contributed by atoms with Crippen molar-refractivity contribution in [3.8, 4) is 0 Å². The van der Waals surface area contributed by atoms with Crippen molar-refractivity contribution >= 4 is 27.5 Å². The minimum Gasteiger partial charge on any atom is -0.379 e. The number of amides is 2. The number of carbonyl (C=O) groups excluding carboxylic acids is 2. The van der Waals surface area contributed by atoms with Crippen LogP contribution in [0.1, 0.15) is 33.9 Å². The second kappa shape index (κ2) is 9.40. The number of benzene rings is 2. The van der Waals surface area contributed by atoms with Gasteiger partial charge in [-0.05, 0) is 30.7 Å². The standard InChI is InChI=1S/C23H27N3O5S/c1-17-5-7-18(8-6-17)21(25-10-12-31-13-11-25)16-24-23(28)19-3-2-4-20(15-19)26-22(27)9-14-32(26,29)30/h2-8,15,21H,9-14,16H2,1H3,(H,24,28). The van der Waals surface area contributed by atoms with Crippen LogP contribution in [0.3, 0.4) is 0 Å². The molecule has 2 heterocycles. The quantitative estimate of drug-likeness (QED) is 0.712. The molecule has 0 spiro atoms. The van der Waals surface area contributed by atoms with Gasteiger partial charge >= 0.3 is 0 Å². The molecule has 4 rings (SSSR count). The molecule has 0 saturated carbocycles. The number of nitrogens with one attached hydrogen (secondary N) is 1. The molecule has 1 N–H and O–H groups in total. The van der Waals surface area contributed by atoms with E-state index in [4.69, 9.17) is 4.74 Å². The van der Waals surface area contributed by atoms with E-state index in [9.17, 15) is 18.0 Å². The van der Waals surface area contributed by atoms with Crippen molar-refractivity contribution in [1.82, 2.24) is 10.2 Å². The molecule has 8 nitrogen and oxygen atoms in total. The molecule has 2 saturated heterocycles. The monoisotopic (exact) mass is 457 g/mol. The zero-order valence-corrected chi connectivity index (χ0v) is 18.8. The zero-order chi connectivity index (χ0) is 22.7. The number of ether oxygens (including phenoxy) is 1. The SMILES string of the molecule is Cc1ccc(C(CNC(=O)c2cccc(N3C(=O)CCS3(=O)=O)c2)N2CCOCC2)cc1. The van der Waals surface area contributed by atoms with Crippen molar-refractivity contribution in [3.63, 3.8) is 0 Å². The number of anilines is 1. The molecule has 2 amide bonds. The number of morpholine rings is 1. The van der Waals surface area contributed by atoms with Gasteiger partial charge in [-0.2, -0.15) is 0 Å². The average Bonchev–Trinajstić information content (AvgIpc) is 3.07. The van der Waals surface area contributed by atoms with Gasteiger partial charge < -0.3 is 10.1 Å². The molecule has 1 unspecified atom stereocenters. The Morgan fingerprint density at radius 3 is 2.50 bits per heavy atom. The molecular weight excluding hydrogens is 430 g/mol. The van der Waals surface area contributed by atoms with Crippen molar-refractivity contribution in [1.29, 1.82) is 0 Å². The summed E-state index contributed by atoms with van der Waals surface area (Å²) in [5, 5.41) is 2.98. The van der Waals surface area contributed by atoms with Crippen LogP contribution in [-0.4, -0.2) is 63.7 Å². The maximum atomic E-state index is 12.9. The molecule has 2 aromatic rings.